The molecule has 16 heteroatoms. The molecule has 16 nitrogen and oxygen atoms in total. The molecule has 4 heterocycles. The Bertz CT molecular complexity index is 2120. The first-order chi connectivity index (χ1) is 33.0. The van der Waals surface area contributed by atoms with Crippen molar-refractivity contribution >= 4 is 29.7 Å². The highest BCUT2D eigenvalue weighted by Crippen LogP contribution is 2.47. The van der Waals surface area contributed by atoms with E-state index in [1.54, 1.807) is 83.3 Å². The summed E-state index contributed by atoms with van der Waals surface area (Å²) in [6.45, 7) is 18.2. The van der Waals surface area contributed by atoms with E-state index in [0.29, 0.717) is 17.5 Å². The van der Waals surface area contributed by atoms with E-state index in [1.807, 2.05) is 72.7 Å². The molecule has 2 aromatic carbocycles. The number of carbonyl (C=O) groups is 5. The van der Waals surface area contributed by atoms with Gasteiger partial charge in [0.2, 0.25) is 0 Å². The number of Topliss-reactive ketones (excluding diaryl/α,β-unsaturated/α-hetero) is 1. The lowest BCUT2D eigenvalue weighted by atomic mass is 9.70. The topological polar surface area (TPSA) is 181 Å². The third-order valence-electron chi connectivity index (χ3n) is 15.7. The molecule has 18 atom stereocenters. The summed E-state index contributed by atoms with van der Waals surface area (Å²) in [5, 5.41) is 0. The third-order valence-corrected chi connectivity index (χ3v) is 15.7. The average Bonchev–Trinajstić information content (AvgIpc) is 3.65. The first-order valence-electron chi connectivity index (χ1n) is 24.9. The number of methoxy groups -OCH3 is 2. The Balaban J connectivity index is 1.45. The minimum atomic E-state index is -1.31. The molecule has 0 aromatic heterocycles. The van der Waals surface area contributed by atoms with Crippen LogP contribution in [0, 0.1) is 29.6 Å². The van der Waals surface area contributed by atoms with Gasteiger partial charge in [-0.2, -0.15) is 0 Å². The van der Waals surface area contributed by atoms with Crippen LogP contribution < -0.4 is 0 Å². The van der Waals surface area contributed by atoms with E-state index in [-0.39, 0.29) is 43.6 Å². The van der Waals surface area contributed by atoms with E-state index in [1.165, 1.54) is 7.11 Å². The number of ether oxygens (including phenoxy) is 10. The molecule has 4 aliphatic rings. The largest absolute Gasteiger partial charge is 0.458 e. The van der Waals surface area contributed by atoms with E-state index >= 15 is 0 Å². The number of likely N-dealkylation sites (N-methyl/N-ethyl adjacent to an activating group) is 1. The molecule has 6 rings (SSSR count). The number of cyclic esters (lactones) is 1. The summed E-state index contributed by atoms with van der Waals surface area (Å²) in [6.07, 6.45) is -7.19. The van der Waals surface area contributed by atoms with Crippen LogP contribution >= 0.6 is 0 Å². The van der Waals surface area contributed by atoms with Crippen LogP contribution in [0.3, 0.4) is 0 Å². The second-order valence-corrected chi connectivity index (χ2v) is 20.9. The maximum Gasteiger partial charge on any atom is 0.338 e. The number of ketones is 1. The van der Waals surface area contributed by atoms with Gasteiger partial charge in [0.15, 0.2) is 24.8 Å². The Morgan fingerprint density at radius 2 is 1.30 bits per heavy atom. The van der Waals surface area contributed by atoms with Gasteiger partial charge in [-0.3, -0.25) is 14.4 Å². The summed E-state index contributed by atoms with van der Waals surface area (Å²) in [5.74, 6) is -6.11. The smallest absolute Gasteiger partial charge is 0.338 e. The predicted octanol–water partition coefficient (Wildman–Crippen LogP) is 7.38. The van der Waals surface area contributed by atoms with Crippen LogP contribution in [0.5, 0.6) is 0 Å². The van der Waals surface area contributed by atoms with E-state index in [0.717, 1.165) is 0 Å². The summed E-state index contributed by atoms with van der Waals surface area (Å²) in [4.78, 5) is 72.1. The van der Waals surface area contributed by atoms with Gasteiger partial charge in [0.25, 0.3) is 0 Å². The Kier molecular flexibility index (Phi) is 17.8. The molecule has 0 aliphatic carbocycles. The standard InChI is InChI=1S/C54H77NO15/c1-15-40-54(10)38(27-41(56)70-54)32(4)43(57)30(2)28-52(8,61-13)46(69-51-45(39(55(11)12)26-31(3)63-51)67-49(59)36-22-18-16-19-23-36)33(5)44(34(6)48(58)65-40)66-42-29-53(9,62-14)47(35(7)64-42)68-50(60)37-24-20-17-21-25-37/h16-25,30-35,38-40,42,44-47,51H,15,26-29H2,1-14H3/t30-,31-,32-,33+,34-,35+,38-,39+,40-,42+,44+,45-,46-,47+,51+,52-,53-,54+/m1/s1. The molecule has 0 saturated carbocycles. The van der Waals surface area contributed by atoms with Crippen LogP contribution in [0.1, 0.15) is 122 Å². The molecular weight excluding hydrogens is 903 g/mol. The Morgan fingerprint density at radius 3 is 1.86 bits per heavy atom. The zero-order valence-corrected chi connectivity index (χ0v) is 43.5. The summed E-state index contributed by atoms with van der Waals surface area (Å²) >= 11 is 0. The third kappa shape index (κ3) is 11.6. The quantitative estimate of drug-likeness (QED) is 0.152. The molecule has 4 aliphatic heterocycles. The van der Waals surface area contributed by atoms with E-state index < -0.39 is 119 Å². The fourth-order valence-corrected chi connectivity index (χ4v) is 11.5. The van der Waals surface area contributed by atoms with Crippen LogP contribution in [-0.2, 0) is 61.8 Å². The number of rotatable bonds is 12. The van der Waals surface area contributed by atoms with Gasteiger partial charge < -0.3 is 52.3 Å². The highest BCUT2D eigenvalue weighted by atomic mass is 16.7. The molecule has 0 bridgehead atoms. The minimum absolute atomic E-state index is 0.0275. The van der Waals surface area contributed by atoms with Gasteiger partial charge in [0.1, 0.15) is 23.1 Å². The highest BCUT2D eigenvalue weighted by Gasteiger charge is 2.58. The Hall–Kier alpha value is -4.29. The van der Waals surface area contributed by atoms with Gasteiger partial charge in [0.05, 0.1) is 59.5 Å². The first-order valence-corrected chi connectivity index (χ1v) is 24.9. The lowest BCUT2D eigenvalue weighted by Gasteiger charge is -2.50. The predicted molar refractivity (Wildman–Crippen MR) is 256 cm³/mol. The zero-order valence-electron chi connectivity index (χ0n) is 43.5. The molecule has 0 N–H and O–H groups in total. The number of benzene rings is 2. The van der Waals surface area contributed by atoms with E-state index in [9.17, 15) is 24.0 Å². The van der Waals surface area contributed by atoms with Gasteiger partial charge in [-0.05, 0) is 99.2 Å². The van der Waals surface area contributed by atoms with Crippen molar-refractivity contribution in [2.75, 3.05) is 28.3 Å². The molecule has 0 spiro atoms. The van der Waals surface area contributed by atoms with Crippen LogP contribution in [-0.4, -0.2) is 141 Å². The lowest BCUT2D eigenvalue weighted by molar-refractivity contribution is -0.318. The molecule has 0 unspecified atom stereocenters. The number of fused-ring (bicyclic) bond motifs is 1. The van der Waals surface area contributed by atoms with Crippen LogP contribution in [0.4, 0.5) is 0 Å². The van der Waals surface area contributed by atoms with Crippen LogP contribution in [0.15, 0.2) is 60.7 Å². The Morgan fingerprint density at radius 1 is 0.729 bits per heavy atom. The molecule has 70 heavy (non-hydrogen) atoms. The normalized spacial score (nSPS) is 39.8. The monoisotopic (exact) mass is 980 g/mol. The molecule has 0 amide bonds. The van der Waals surface area contributed by atoms with Gasteiger partial charge in [-0.1, -0.05) is 64.1 Å². The van der Waals surface area contributed by atoms with Crippen molar-refractivity contribution in [2.24, 2.45) is 29.6 Å². The summed E-state index contributed by atoms with van der Waals surface area (Å²) < 4.78 is 65.1. The number of nitrogens with zero attached hydrogens (tertiary/aromatic N) is 1. The minimum Gasteiger partial charge on any atom is -0.458 e. The lowest BCUT2D eigenvalue weighted by Crippen LogP contribution is -2.62. The van der Waals surface area contributed by atoms with Crippen molar-refractivity contribution in [3.63, 3.8) is 0 Å². The number of esters is 4. The van der Waals surface area contributed by atoms with Crippen LogP contribution in [0.2, 0.25) is 0 Å². The maximum atomic E-state index is 14.9. The number of hydrogen-bond donors (Lipinski definition) is 0. The molecule has 4 fully saturated rings. The van der Waals surface area contributed by atoms with Crippen molar-refractivity contribution in [1.29, 1.82) is 0 Å². The van der Waals surface area contributed by atoms with Crippen molar-refractivity contribution < 1.29 is 71.3 Å². The maximum absolute atomic E-state index is 14.9. The van der Waals surface area contributed by atoms with Crippen molar-refractivity contribution in [3.05, 3.63) is 71.8 Å². The van der Waals surface area contributed by atoms with E-state index in [2.05, 4.69) is 0 Å². The van der Waals surface area contributed by atoms with E-state index in [4.69, 9.17) is 47.4 Å². The van der Waals surface area contributed by atoms with Gasteiger partial charge in [-0.15, -0.1) is 0 Å². The molecule has 4 saturated heterocycles. The fourth-order valence-electron chi connectivity index (χ4n) is 11.5. The fraction of sp³-hybridized carbons (Fsp3) is 0.685. The Labute approximate surface area is 413 Å². The average molecular weight is 980 g/mol. The SMILES string of the molecule is CC[C@H]1OC(=O)[C@H](C)[C@@H](O[C@H]2C[C@@](C)(OC)[C@@H](OC(=O)c3ccccc3)[C@H](C)O2)[C@H](C)[C@@H](O[C@@H]2O[C@H](C)C[C@H](N(C)C)[C@H]2OC(=O)c2ccccc2)[C@](C)(OC)C[C@@H](C)C(=O)[C@H](C)[C@H]2CC(=O)O[C@@]21C. The van der Waals surface area contributed by atoms with Crippen molar-refractivity contribution in [1.82, 2.24) is 4.90 Å². The molecule has 388 valence electrons. The van der Waals surface area contributed by atoms with Crippen molar-refractivity contribution in [2.45, 2.75) is 179 Å². The van der Waals surface area contributed by atoms with Gasteiger partial charge in [0, 0.05) is 44.3 Å². The molecular formula is C54H77NO15. The zero-order chi connectivity index (χ0) is 51.5. The van der Waals surface area contributed by atoms with Crippen molar-refractivity contribution in [3.8, 4) is 0 Å². The number of hydrogen-bond acceptors (Lipinski definition) is 16. The first kappa shape index (κ1) is 55.0. The number of carbonyl (C=O) groups excluding carboxylic acids is 5. The summed E-state index contributed by atoms with van der Waals surface area (Å²) in [5.41, 5.74) is -3.03. The van der Waals surface area contributed by atoms with Crippen LogP contribution in [0.25, 0.3) is 0 Å². The molecule has 0 radical (unpaired) electrons. The second kappa shape index (κ2) is 22.6. The second-order valence-electron chi connectivity index (χ2n) is 20.9. The van der Waals surface area contributed by atoms with Gasteiger partial charge in [-0.25, -0.2) is 9.59 Å². The summed E-state index contributed by atoms with van der Waals surface area (Å²) in [7, 11) is 6.88. The highest BCUT2D eigenvalue weighted by molar-refractivity contribution is 5.90. The molecule has 2 aromatic rings. The summed E-state index contributed by atoms with van der Waals surface area (Å²) in [6, 6.07) is 17.0. The van der Waals surface area contributed by atoms with Gasteiger partial charge >= 0.3 is 23.9 Å².